The van der Waals surface area contributed by atoms with Gasteiger partial charge in [0.15, 0.2) is 11.5 Å². The highest BCUT2D eigenvalue weighted by Gasteiger charge is 2.16. The zero-order valence-corrected chi connectivity index (χ0v) is 18.4. The Bertz CT molecular complexity index is 1350. The number of benzene rings is 4. The summed E-state index contributed by atoms with van der Waals surface area (Å²) in [6.07, 6.45) is 0. The van der Waals surface area contributed by atoms with Crippen LogP contribution in [0.1, 0.15) is 15.9 Å². The topological polar surface area (TPSA) is 90.7 Å². The first kappa shape index (κ1) is 21.8. The Morgan fingerprint density at radius 2 is 1.52 bits per heavy atom. The van der Waals surface area contributed by atoms with Crippen LogP contribution in [-0.4, -0.2) is 25.1 Å². The molecular weight excluding hydrogens is 420 g/mol. The van der Waals surface area contributed by atoms with Crippen molar-refractivity contribution in [1.82, 2.24) is 0 Å². The van der Waals surface area contributed by atoms with Crippen LogP contribution in [0.2, 0.25) is 0 Å². The van der Waals surface area contributed by atoms with Crippen LogP contribution in [0.3, 0.4) is 0 Å². The molecule has 7 heteroatoms. The summed E-state index contributed by atoms with van der Waals surface area (Å²) in [5.74, 6) is 0.836. The Morgan fingerprint density at radius 1 is 0.879 bits per heavy atom. The summed E-state index contributed by atoms with van der Waals surface area (Å²) in [5, 5.41) is 15.4. The third kappa shape index (κ3) is 4.48. The summed E-state index contributed by atoms with van der Waals surface area (Å²) < 4.78 is 10.9. The van der Waals surface area contributed by atoms with Gasteiger partial charge in [-0.1, -0.05) is 29.8 Å². The summed E-state index contributed by atoms with van der Waals surface area (Å²) in [7, 11) is 3.15. The third-order valence-electron chi connectivity index (χ3n) is 5.42. The van der Waals surface area contributed by atoms with Crippen molar-refractivity contribution in [3.63, 3.8) is 0 Å². The van der Waals surface area contributed by atoms with Crippen molar-refractivity contribution >= 4 is 28.1 Å². The second-order valence-corrected chi connectivity index (χ2v) is 7.58. The molecule has 7 nitrogen and oxygen atoms in total. The number of carbonyl (C=O) groups is 1. The monoisotopic (exact) mass is 442 g/mol. The number of carbonyl (C=O) groups excluding carboxylic acids is 1. The van der Waals surface area contributed by atoms with Gasteiger partial charge < -0.3 is 14.8 Å². The van der Waals surface area contributed by atoms with E-state index in [9.17, 15) is 14.9 Å². The zero-order chi connectivity index (χ0) is 23.5. The number of anilines is 1. The van der Waals surface area contributed by atoms with E-state index in [4.69, 9.17) is 9.47 Å². The van der Waals surface area contributed by atoms with Gasteiger partial charge >= 0.3 is 0 Å². The van der Waals surface area contributed by atoms with Crippen molar-refractivity contribution in [2.75, 3.05) is 19.5 Å². The molecule has 0 bridgehead atoms. The largest absolute Gasteiger partial charge is 0.493 e. The lowest BCUT2D eigenvalue weighted by Gasteiger charge is -2.15. The molecule has 4 aromatic carbocycles. The maximum atomic E-state index is 13.1. The molecule has 0 fully saturated rings. The number of nitro benzene ring substituents is 1. The molecule has 0 unspecified atom stereocenters. The Kier molecular flexibility index (Phi) is 5.95. The minimum absolute atomic E-state index is 0.0404. The van der Waals surface area contributed by atoms with Crippen LogP contribution < -0.4 is 14.8 Å². The van der Waals surface area contributed by atoms with Gasteiger partial charge in [0.1, 0.15) is 0 Å². The zero-order valence-electron chi connectivity index (χ0n) is 18.4. The van der Waals surface area contributed by atoms with E-state index in [1.165, 1.54) is 24.3 Å². The molecular formula is C26H22N2O5. The molecule has 0 saturated carbocycles. The quantitative estimate of drug-likeness (QED) is 0.292. The van der Waals surface area contributed by atoms with E-state index in [2.05, 4.69) is 5.32 Å². The molecule has 0 aromatic heterocycles. The van der Waals surface area contributed by atoms with Gasteiger partial charge in [-0.3, -0.25) is 14.9 Å². The lowest BCUT2D eigenvalue weighted by Crippen LogP contribution is -2.12. The average Bonchev–Trinajstić information content (AvgIpc) is 2.83. The van der Waals surface area contributed by atoms with Gasteiger partial charge in [0.25, 0.3) is 11.6 Å². The van der Waals surface area contributed by atoms with E-state index >= 15 is 0 Å². The SMILES string of the molecule is COc1cc2cc(C(=O)Nc3ccc([N+](=O)[O-])cc3)cc(-c3ccc(C)cc3)c2cc1OC. The van der Waals surface area contributed by atoms with E-state index < -0.39 is 4.92 Å². The molecule has 0 radical (unpaired) electrons. The van der Waals surface area contributed by atoms with Crippen LogP contribution in [0.25, 0.3) is 21.9 Å². The number of hydrogen-bond acceptors (Lipinski definition) is 5. The Hall–Kier alpha value is -4.39. The van der Waals surface area contributed by atoms with Gasteiger partial charge in [0.2, 0.25) is 0 Å². The first-order valence-electron chi connectivity index (χ1n) is 10.2. The Morgan fingerprint density at radius 3 is 2.12 bits per heavy atom. The van der Waals surface area contributed by atoms with E-state index in [-0.39, 0.29) is 11.6 Å². The third-order valence-corrected chi connectivity index (χ3v) is 5.42. The number of non-ortho nitro benzene ring substituents is 1. The fraction of sp³-hybridized carbons (Fsp3) is 0.115. The van der Waals surface area contributed by atoms with Crippen molar-refractivity contribution < 1.29 is 19.2 Å². The lowest BCUT2D eigenvalue weighted by atomic mass is 9.94. The maximum absolute atomic E-state index is 13.1. The number of ether oxygens (including phenoxy) is 2. The fourth-order valence-electron chi connectivity index (χ4n) is 3.66. The predicted molar refractivity (Wildman–Crippen MR) is 128 cm³/mol. The molecule has 0 spiro atoms. The molecule has 0 aliphatic rings. The molecule has 166 valence electrons. The number of methoxy groups -OCH3 is 2. The molecule has 4 aromatic rings. The van der Waals surface area contributed by atoms with E-state index in [1.54, 1.807) is 20.3 Å². The van der Waals surface area contributed by atoms with Crippen LogP contribution in [-0.2, 0) is 0 Å². The standard InChI is InChI=1S/C26H22N2O5/c1-16-4-6-17(7-5-16)22-13-19(12-18-14-24(32-2)25(33-3)15-23(18)22)26(29)27-20-8-10-21(11-9-20)28(30)31/h4-15H,1-3H3,(H,27,29). The van der Waals surface area contributed by atoms with Crippen molar-refractivity contribution in [1.29, 1.82) is 0 Å². The molecule has 0 saturated heterocycles. The highest BCUT2D eigenvalue weighted by atomic mass is 16.6. The molecule has 0 aliphatic carbocycles. The minimum atomic E-state index is -0.482. The lowest BCUT2D eigenvalue weighted by molar-refractivity contribution is -0.384. The molecule has 4 rings (SSSR count). The summed E-state index contributed by atoms with van der Waals surface area (Å²) in [5.41, 5.74) is 3.85. The number of amides is 1. The van der Waals surface area contributed by atoms with E-state index in [1.807, 2.05) is 49.4 Å². The van der Waals surface area contributed by atoms with Gasteiger partial charge in [-0.2, -0.15) is 0 Å². The summed E-state index contributed by atoms with van der Waals surface area (Å²) in [4.78, 5) is 23.5. The number of nitrogens with zero attached hydrogens (tertiary/aromatic N) is 1. The van der Waals surface area contributed by atoms with E-state index in [0.29, 0.717) is 22.7 Å². The second kappa shape index (κ2) is 9.00. The molecule has 0 aliphatic heterocycles. The number of rotatable bonds is 6. The number of nitrogens with one attached hydrogen (secondary N) is 1. The molecule has 0 atom stereocenters. The molecule has 0 heterocycles. The predicted octanol–water partition coefficient (Wildman–Crippen LogP) is 5.99. The fourth-order valence-corrected chi connectivity index (χ4v) is 3.66. The van der Waals surface area contributed by atoms with E-state index in [0.717, 1.165) is 27.5 Å². The van der Waals surface area contributed by atoms with Gasteiger partial charge in [0.05, 0.1) is 19.1 Å². The highest BCUT2D eigenvalue weighted by Crippen LogP contribution is 2.38. The second-order valence-electron chi connectivity index (χ2n) is 7.58. The highest BCUT2D eigenvalue weighted by molar-refractivity contribution is 6.10. The van der Waals surface area contributed by atoms with Crippen molar-refractivity contribution in [2.24, 2.45) is 0 Å². The summed E-state index contributed by atoms with van der Waals surface area (Å²) >= 11 is 0. The smallest absolute Gasteiger partial charge is 0.269 e. The van der Waals surface area contributed by atoms with Gasteiger partial charge in [-0.15, -0.1) is 0 Å². The summed E-state index contributed by atoms with van der Waals surface area (Å²) in [6, 6.07) is 21.1. The maximum Gasteiger partial charge on any atom is 0.269 e. The van der Waals surface area contributed by atoms with Gasteiger partial charge in [0, 0.05) is 23.4 Å². The number of aryl methyl sites for hydroxylation is 1. The number of fused-ring (bicyclic) bond motifs is 1. The summed E-state index contributed by atoms with van der Waals surface area (Å²) in [6.45, 7) is 2.02. The number of nitro groups is 1. The van der Waals surface area contributed by atoms with Gasteiger partial charge in [-0.05, 0) is 65.2 Å². The van der Waals surface area contributed by atoms with Crippen molar-refractivity contribution in [3.8, 4) is 22.6 Å². The molecule has 1 N–H and O–H groups in total. The Labute approximate surface area is 190 Å². The van der Waals surface area contributed by atoms with Crippen molar-refractivity contribution in [2.45, 2.75) is 6.92 Å². The molecule has 1 amide bonds. The van der Waals surface area contributed by atoms with Crippen LogP contribution in [0.15, 0.2) is 72.8 Å². The van der Waals surface area contributed by atoms with Crippen LogP contribution in [0.4, 0.5) is 11.4 Å². The van der Waals surface area contributed by atoms with Crippen LogP contribution in [0, 0.1) is 17.0 Å². The first-order valence-corrected chi connectivity index (χ1v) is 10.2. The Balaban J connectivity index is 1.81. The van der Waals surface area contributed by atoms with Crippen molar-refractivity contribution in [3.05, 3.63) is 94.0 Å². The average molecular weight is 442 g/mol. The first-order chi connectivity index (χ1) is 15.9. The number of hydrogen-bond donors (Lipinski definition) is 1. The van der Waals surface area contributed by atoms with Gasteiger partial charge in [-0.25, -0.2) is 0 Å². The van der Waals surface area contributed by atoms with Crippen LogP contribution >= 0.6 is 0 Å². The molecule has 33 heavy (non-hydrogen) atoms. The van der Waals surface area contributed by atoms with Crippen LogP contribution in [0.5, 0.6) is 11.5 Å². The normalized spacial score (nSPS) is 10.6. The minimum Gasteiger partial charge on any atom is -0.493 e.